The third-order valence-corrected chi connectivity index (χ3v) is 10.4. The summed E-state index contributed by atoms with van der Waals surface area (Å²) in [5, 5.41) is 11.4. The number of carbonyl (C=O) groups is 4. The molecule has 3 aromatic heterocycles. The summed E-state index contributed by atoms with van der Waals surface area (Å²) in [5.41, 5.74) is 3.85. The second kappa shape index (κ2) is 14.8. The van der Waals surface area contributed by atoms with Gasteiger partial charge >= 0.3 is 0 Å². The van der Waals surface area contributed by atoms with E-state index < -0.39 is 11.5 Å². The summed E-state index contributed by atoms with van der Waals surface area (Å²) in [5.74, 6) is 0.187. The van der Waals surface area contributed by atoms with Crippen molar-refractivity contribution in [3.8, 4) is 11.1 Å². The number of anilines is 1. The van der Waals surface area contributed by atoms with E-state index in [4.69, 9.17) is 5.10 Å². The van der Waals surface area contributed by atoms with Gasteiger partial charge in [0.05, 0.1) is 5.52 Å². The van der Waals surface area contributed by atoms with Gasteiger partial charge in [0, 0.05) is 54.7 Å². The lowest BCUT2D eigenvalue weighted by Gasteiger charge is -2.27. The quantitative estimate of drug-likeness (QED) is 0.0974. The average molecular weight is 756 g/mol. The van der Waals surface area contributed by atoms with Gasteiger partial charge in [-0.15, -0.1) is 0 Å². The molecule has 4 aromatic rings. The van der Waals surface area contributed by atoms with Crippen LogP contribution < -0.4 is 10.6 Å². The molecular formula is C38H43BrN8O4. The Morgan fingerprint density at radius 2 is 1.84 bits per heavy atom. The molecule has 13 heteroatoms. The van der Waals surface area contributed by atoms with Gasteiger partial charge in [-0.3, -0.25) is 23.9 Å². The number of aromatic nitrogens is 5. The van der Waals surface area contributed by atoms with Crippen LogP contribution in [0, 0.1) is 19.3 Å². The molecule has 1 aliphatic heterocycles. The molecule has 1 saturated carbocycles. The largest absolute Gasteiger partial charge is 0.355 e. The fraction of sp³-hybridized carbons (Fsp3) is 0.421. The van der Waals surface area contributed by atoms with Crippen molar-refractivity contribution in [2.45, 2.75) is 91.8 Å². The van der Waals surface area contributed by atoms with Gasteiger partial charge in [0.2, 0.25) is 17.7 Å². The van der Waals surface area contributed by atoms with Crippen molar-refractivity contribution in [1.82, 2.24) is 34.9 Å². The number of unbranched alkanes of at least 4 members (excludes halogenated alkanes) is 1. The molecule has 6 rings (SSSR count). The molecule has 2 aliphatic rings. The van der Waals surface area contributed by atoms with E-state index in [1.165, 1.54) is 6.92 Å². The first kappa shape index (κ1) is 36.0. The predicted molar refractivity (Wildman–Crippen MR) is 198 cm³/mol. The molecule has 266 valence electrons. The molecule has 1 saturated heterocycles. The van der Waals surface area contributed by atoms with Crippen molar-refractivity contribution >= 4 is 56.2 Å². The van der Waals surface area contributed by atoms with E-state index in [1.54, 1.807) is 28.0 Å². The Hall–Kier alpha value is -4.78. The van der Waals surface area contributed by atoms with Crippen molar-refractivity contribution in [2.75, 3.05) is 11.9 Å². The van der Waals surface area contributed by atoms with Crippen LogP contribution >= 0.6 is 15.9 Å². The Morgan fingerprint density at radius 1 is 1.08 bits per heavy atom. The zero-order valence-corrected chi connectivity index (χ0v) is 31.2. The molecule has 0 bridgehead atoms. The van der Waals surface area contributed by atoms with Gasteiger partial charge in [0.1, 0.15) is 34.5 Å². The zero-order valence-electron chi connectivity index (χ0n) is 29.6. The van der Waals surface area contributed by atoms with Crippen LogP contribution in [0.2, 0.25) is 0 Å². The van der Waals surface area contributed by atoms with Gasteiger partial charge < -0.3 is 15.5 Å². The van der Waals surface area contributed by atoms with E-state index in [-0.39, 0.29) is 41.8 Å². The Bertz CT molecular complexity index is 2040. The lowest BCUT2D eigenvalue weighted by molar-refractivity contribution is -0.138. The summed E-state index contributed by atoms with van der Waals surface area (Å²) in [6.45, 7) is 9.34. The number of nitrogens with one attached hydrogen (secondary N) is 2. The minimum absolute atomic E-state index is 0.0263. The molecule has 4 heterocycles. The van der Waals surface area contributed by atoms with Gasteiger partial charge in [-0.25, -0.2) is 15.0 Å². The Labute approximate surface area is 305 Å². The number of piperidine rings is 1. The number of benzene rings is 1. The number of ketones is 1. The van der Waals surface area contributed by atoms with E-state index in [0.717, 1.165) is 35.1 Å². The second-order valence-electron chi connectivity index (χ2n) is 13.7. The minimum Gasteiger partial charge on any atom is -0.355 e. The SMILES string of the molecule is C/C=C\Cc1cc(-c2cnc(C)nc2)cc2c(C(C)=O)nn(CC(=O)N3[C@H](C(=O)Nc4nc(Br)ccc4C)C[C@@]4(CNC(=O)CCCC)C[C@@H]34)c12. The number of amides is 3. The highest BCUT2D eigenvalue weighted by atomic mass is 79.9. The molecule has 3 amide bonds. The monoisotopic (exact) mass is 754 g/mol. The number of halogens is 1. The van der Waals surface area contributed by atoms with E-state index >= 15 is 0 Å². The van der Waals surface area contributed by atoms with E-state index in [1.807, 2.05) is 58.0 Å². The first-order valence-corrected chi connectivity index (χ1v) is 18.2. The summed E-state index contributed by atoms with van der Waals surface area (Å²) < 4.78 is 2.18. The van der Waals surface area contributed by atoms with Crippen LogP contribution in [0.4, 0.5) is 5.82 Å². The first-order chi connectivity index (χ1) is 24.4. The van der Waals surface area contributed by atoms with Gasteiger partial charge in [-0.1, -0.05) is 31.6 Å². The summed E-state index contributed by atoms with van der Waals surface area (Å²) in [4.78, 5) is 68.9. The van der Waals surface area contributed by atoms with Gasteiger partial charge in [-0.05, 0) is 97.3 Å². The summed E-state index contributed by atoms with van der Waals surface area (Å²) >= 11 is 3.38. The lowest BCUT2D eigenvalue weighted by Crippen LogP contribution is -2.47. The van der Waals surface area contributed by atoms with Crippen LogP contribution in [0.3, 0.4) is 0 Å². The molecule has 12 nitrogen and oxygen atoms in total. The standard InChI is InChI=1S/C38H43BrN8O4/c1-6-8-10-25-14-26(27-18-40-24(5)41-19-27)15-28-34(23(4)48)45-46(35(25)28)20-33(50)47-29(37(51)44-36-22(3)12-13-31(39)43-36)16-38(17-30(38)47)21-42-32(49)11-9-7-2/h6,8,12-15,18-19,29-30H,7,9-11,16-17,20-21H2,1-5H3,(H,42,49)(H,43,44,51)/b8-6-/t29-,30+,38-/m0/s1. The maximum Gasteiger partial charge on any atom is 0.248 e. The van der Waals surface area contributed by atoms with Crippen LogP contribution in [-0.2, 0) is 27.3 Å². The number of aryl methyl sites for hydroxylation is 2. The maximum atomic E-state index is 14.5. The molecule has 2 N–H and O–H groups in total. The van der Waals surface area contributed by atoms with Crippen molar-refractivity contribution < 1.29 is 19.2 Å². The molecule has 3 atom stereocenters. The lowest BCUT2D eigenvalue weighted by atomic mass is 9.98. The normalized spacial score (nSPS) is 19.4. The van der Waals surface area contributed by atoms with E-state index in [9.17, 15) is 19.2 Å². The molecule has 0 radical (unpaired) electrons. The summed E-state index contributed by atoms with van der Waals surface area (Å²) in [7, 11) is 0. The fourth-order valence-corrected chi connectivity index (χ4v) is 7.41. The van der Waals surface area contributed by atoms with Crippen LogP contribution in [0.25, 0.3) is 22.0 Å². The number of allylic oxidation sites excluding steroid dienone is 2. The predicted octanol–water partition coefficient (Wildman–Crippen LogP) is 5.89. The molecule has 1 aliphatic carbocycles. The third-order valence-electron chi connectivity index (χ3n) is 9.94. The van der Waals surface area contributed by atoms with Gasteiger partial charge in [0.15, 0.2) is 5.78 Å². The number of fused-ring (bicyclic) bond motifs is 2. The fourth-order valence-electron chi connectivity index (χ4n) is 7.10. The second-order valence-corrected chi connectivity index (χ2v) is 14.5. The number of Topliss-reactive ketones (excluding diaryl/α,β-unsaturated/α-hetero) is 1. The number of likely N-dealkylation sites (tertiary alicyclic amines) is 1. The highest BCUT2D eigenvalue weighted by Gasteiger charge is 2.67. The van der Waals surface area contributed by atoms with Crippen LogP contribution in [0.5, 0.6) is 0 Å². The number of rotatable bonds is 13. The number of hydrogen-bond acceptors (Lipinski definition) is 8. The van der Waals surface area contributed by atoms with Crippen molar-refractivity contribution in [3.63, 3.8) is 0 Å². The Balaban J connectivity index is 1.35. The van der Waals surface area contributed by atoms with Crippen LogP contribution in [0.15, 0.2) is 53.4 Å². The molecule has 0 spiro atoms. The molecule has 1 aromatic carbocycles. The van der Waals surface area contributed by atoms with Gasteiger partial charge in [0.25, 0.3) is 0 Å². The average Bonchev–Trinajstić information content (AvgIpc) is 3.52. The topological polar surface area (TPSA) is 152 Å². The number of nitrogens with zero attached hydrogens (tertiary/aromatic N) is 6. The highest BCUT2D eigenvalue weighted by Crippen LogP contribution is 2.59. The molecule has 0 unspecified atom stereocenters. The van der Waals surface area contributed by atoms with E-state index in [2.05, 4.69) is 41.5 Å². The van der Waals surface area contributed by atoms with Crippen LogP contribution in [-0.4, -0.2) is 71.8 Å². The smallest absolute Gasteiger partial charge is 0.248 e. The number of hydrogen-bond donors (Lipinski definition) is 2. The number of pyridine rings is 1. The molecular weight excluding hydrogens is 712 g/mol. The van der Waals surface area contributed by atoms with Gasteiger partial charge in [-0.2, -0.15) is 5.10 Å². The van der Waals surface area contributed by atoms with Crippen LogP contribution in [0.1, 0.15) is 80.3 Å². The van der Waals surface area contributed by atoms with Crippen molar-refractivity contribution in [3.05, 3.63) is 76.1 Å². The Morgan fingerprint density at radius 3 is 2.55 bits per heavy atom. The highest BCUT2D eigenvalue weighted by molar-refractivity contribution is 9.10. The maximum absolute atomic E-state index is 14.5. The van der Waals surface area contributed by atoms with Crippen molar-refractivity contribution in [1.29, 1.82) is 0 Å². The summed E-state index contributed by atoms with van der Waals surface area (Å²) in [6, 6.07) is 6.57. The molecule has 2 fully saturated rings. The van der Waals surface area contributed by atoms with Crippen molar-refractivity contribution in [2.24, 2.45) is 5.41 Å². The molecule has 51 heavy (non-hydrogen) atoms. The zero-order chi connectivity index (χ0) is 36.4. The Kier molecular flexibility index (Phi) is 10.5. The minimum atomic E-state index is -0.784. The number of carbonyl (C=O) groups excluding carboxylic acids is 4. The third kappa shape index (κ3) is 7.49. The van der Waals surface area contributed by atoms with E-state index in [0.29, 0.717) is 59.4 Å². The summed E-state index contributed by atoms with van der Waals surface area (Å²) in [6.07, 6.45) is 11.3. The first-order valence-electron chi connectivity index (χ1n) is 17.4.